The lowest BCUT2D eigenvalue weighted by Gasteiger charge is -1.99. The number of thioether (sulfide) groups is 1. The molecule has 0 aliphatic carbocycles. The first-order valence-electron chi connectivity index (χ1n) is 3.61. The first-order chi connectivity index (χ1) is 5.77. The van der Waals surface area contributed by atoms with Crippen LogP contribution in [0.25, 0.3) is 0 Å². The molecule has 2 nitrogen and oxygen atoms in total. The Morgan fingerprint density at radius 2 is 2.25 bits per heavy atom. The molecule has 0 spiro atoms. The summed E-state index contributed by atoms with van der Waals surface area (Å²) < 4.78 is 19.5. The molecule has 0 bridgehead atoms. The molecule has 2 atom stereocenters. The van der Waals surface area contributed by atoms with Crippen molar-refractivity contribution in [3.8, 4) is 0 Å². The lowest BCUT2D eigenvalue weighted by atomic mass is 10.2. The minimum Gasteiger partial charge on any atom is -0.305 e. The molecule has 0 amide bonds. The van der Waals surface area contributed by atoms with E-state index < -0.39 is 11.1 Å². The number of rotatable bonds is 1. The van der Waals surface area contributed by atoms with Crippen LogP contribution in [0.5, 0.6) is 0 Å². The van der Waals surface area contributed by atoms with Crippen LogP contribution in [0.1, 0.15) is 5.56 Å². The Morgan fingerprint density at radius 3 is 2.92 bits per heavy atom. The Labute approximate surface area is 77.7 Å². The molecule has 1 aliphatic heterocycles. The molecule has 1 aliphatic rings. The van der Waals surface area contributed by atoms with Gasteiger partial charge in [0, 0.05) is 4.90 Å². The summed E-state index contributed by atoms with van der Waals surface area (Å²) in [5, 5.41) is 0. The fourth-order valence-corrected chi connectivity index (χ4v) is 3.23. The molecule has 1 N–H and O–H groups in total. The van der Waals surface area contributed by atoms with E-state index in [0.717, 1.165) is 4.90 Å². The van der Waals surface area contributed by atoms with E-state index >= 15 is 0 Å². The van der Waals surface area contributed by atoms with Gasteiger partial charge in [-0.1, -0.05) is 18.2 Å². The zero-order valence-electron chi connectivity index (χ0n) is 6.27. The van der Waals surface area contributed by atoms with Gasteiger partial charge in [0.25, 0.3) is 0 Å². The van der Waals surface area contributed by atoms with Gasteiger partial charge in [-0.25, -0.2) is 4.21 Å². The van der Waals surface area contributed by atoms with Crippen molar-refractivity contribution in [1.29, 1.82) is 0 Å². The van der Waals surface area contributed by atoms with Gasteiger partial charge in [-0.05, 0) is 18.1 Å². The Hall–Kier alpha value is -0.320. The Morgan fingerprint density at radius 1 is 1.50 bits per heavy atom. The van der Waals surface area contributed by atoms with Gasteiger partial charge in [0.05, 0.1) is 0 Å². The van der Waals surface area contributed by atoms with E-state index in [4.69, 9.17) is 4.55 Å². The molecule has 2 unspecified atom stereocenters. The third-order valence-corrected chi connectivity index (χ3v) is 4.32. The van der Waals surface area contributed by atoms with Crippen molar-refractivity contribution in [3.63, 3.8) is 0 Å². The zero-order valence-corrected chi connectivity index (χ0v) is 7.90. The minimum absolute atomic E-state index is 0.164. The summed E-state index contributed by atoms with van der Waals surface area (Å²) in [6.45, 7) is 0. The van der Waals surface area contributed by atoms with Crippen LogP contribution in [0.3, 0.4) is 0 Å². The Bertz CT molecular complexity index is 300. The van der Waals surface area contributed by atoms with Crippen molar-refractivity contribution in [1.82, 2.24) is 0 Å². The Kier molecular flexibility index (Phi) is 2.21. The maximum atomic E-state index is 10.8. The summed E-state index contributed by atoms with van der Waals surface area (Å²) in [4.78, 5) is 1.14. The van der Waals surface area contributed by atoms with Crippen molar-refractivity contribution < 1.29 is 8.76 Å². The smallest absolute Gasteiger partial charge is 0.167 e. The van der Waals surface area contributed by atoms with E-state index in [1.165, 1.54) is 17.3 Å². The van der Waals surface area contributed by atoms with E-state index in [0.29, 0.717) is 6.42 Å². The molecule has 0 saturated carbocycles. The lowest BCUT2D eigenvalue weighted by molar-refractivity contribution is 0.561. The second kappa shape index (κ2) is 3.20. The van der Waals surface area contributed by atoms with Crippen molar-refractivity contribution in [2.75, 3.05) is 0 Å². The monoisotopic (exact) mass is 200 g/mol. The average molecular weight is 200 g/mol. The van der Waals surface area contributed by atoms with Crippen molar-refractivity contribution in [2.45, 2.75) is 15.9 Å². The standard InChI is InChI=1S/C8H8O2S2/c9-12(10)8-5-6-3-1-2-4-7(6)11-8/h1-4,8H,5H2,(H,9,10). The highest BCUT2D eigenvalue weighted by Crippen LogP contribution is 2.37. The molecule has 0 saturated heterocycles. The maximum Gasteiger partial charge on any atom is 0.167 e. The molecular formula is C8H8O2S2. The number of hydrogen-bond donors (Lipinski definition) is 1. The normalized spacial score (nSPS) is 23.6. The van der Waals surface area contributed by atoms with Crippen LogP contribution in [-0.4, -0.2) is 13.3 Å². The van der Waals surface area contributed by atoms with Gasteiger partial charge in [0.15, 0.2) is 11.1 Å². The minimum atomic E-state index is -1.70. The SMILES string of the molecule is O=S(O)C1Cc2ccccc2S1. The van der Waals surface area contributed by atoms with Crippen molar-refractivity contribution >= 4 is 22.8 Å². The summed E-state index contributed by atoms with van der Waals surface area (Å²) in [5.74, 6) is 0. The highest BCUT2D eigenvalue weighted by molar-refractivity contribution is 8.10. The van der Waals surface area contributed by atoms with E-state index in [9.17, 15) is 4.21 Å². The first-order valence-corrected chi connectivity index (χ1v) is 5.66. The molecule has 12 heavy (non-hydrogen) atoms. The van der Waals surface area contributed by atoms with E-state index in [1.54, 1.807) is 0 Å². The average Bonchev–Trinajstić information content (AvgIpc) is 2.46. The highest BCUT2D eigenvalue weighted by Gasteiger charge is 2.25. The number of benzene rings is 1. The lowest BCUT2D eigenvalue weighted by Crippen LogP contribution is -2.07. The predicted octanol–water partition coefficient (Wildman–Crippen LogP) is 1.88. The third kappa shape index (κ3) is 1.42. The van der Waals surface area contributed by atoms with Gasteiger partial charge < -0.3 is 4.55 Å². The van der Waals surface area contributed by atoms with Crippen LogP contribution in [0, 0.1) is 0 Å². The van der Waals surface area contributed by atoms with Gasteiger partial charge in [0.2, 0.25) is 0 Å². The fraction of sp³-hybridized carbons (Fsp3) is 0.250. The molecule has 1 aromatic carbocycles. The number of hydrogen-bond acceptors (Lipinski definition) is 2. The molecule has 1 heterocycles. The molecular weight excluding hydrogens is 192 g/mol. The molecule has 0 aromatic heterocycles. The molecule has 2 rings (SSSR count). The largest absolute Gasteiger partial charge is 0.305 e. The van der Waals surface area contributed by atoms with Crippen molar-refractivity contribution in [3.05, 3.63) is 29.8 Å². The second-order valence-corrected chi connectivity index (χ2v) is 5.30. The van der Waals surface area contributed by atoms with Crippen LogP contribution in [-0.2, 0) is 17.5 Å². The molecule has 0 radical (unpaired) electrons. The summed E-state index contributed by atoms with van der Waals surface area (Å²) >= 11 is -0.210. The summed E-state index contributed by atoms with van der Waals surface area (Å²) in [6, 6.07) is 7.92. The van der Waals surface area contributed by atoms with E-state index in [2.05, 4.69) is 0 Å². The van der Waals surface area contributed by atoms with Crippen LogP contribution in [0.4, 0.5) is 0 Å². The topological polar surface area (TPSA) is 37.3 Å². The van der Waals surface area contributed by atoms with E-state index in [-0.39, 0.29) is 4.58 Å². The van der Waals surface area contributed by atoms with Gasteiger partial charge in [0.1, 0.15) is 4.58 Å². The second-order valence-electron chi connectivity index (χ2n) is 2.64. The number of fused-ring (bicyclic) bond motifs is 1. The molecule has 1 aromatic rings. The van der Waals surface area contributed by atoms with Crippen LogP contribution >= 0.6 is 11.8 Å². The Balaban J connectivity index is 2.27. The van der Waals surface area contributed by atoms with Gasteiger partial charge >= 0.3 is 0 Å². The summed E-state index contributed by atoms with van der Waals surface area (Å²) in [7, 11) is 0. The maximum absolute atomic E-state index is 10.8. The predicted molar refractivity (Wildman–Crippen MR) is 50.6 cm³/mol. The van der Waals surface area contributed by atoms with Crippen LogP contribution < -0.4 is 0 Å². The first kappa shape index (κ1) is 8.29. The van der Waals surface area contributed by atoms with Gasteiger partial charge in [-0.15, -0.1) is 11.8 Å². The highest BCUT2D eigenvalue weighted by atomic mass is 32.2. The van der Waals surface area contributed by atoms with Gasteiger partial charge in [-0.3, -0.25) is 0 Å². The third-order valence-electron chi connectivity index (χ3n) is 1.84. The quantitative estimate of drug-likeness (QED) is 0.703. The molecule has 64 valence electrons. The fourth-order valence-electron chi connectivity index (χ4n) is 1.26. The summed E-state index contributed by atoms with van der Waals surface area (Å²) in [5.41, 5.74) is 1.19. The zero-order chi connectivity index (χ0) is 8.55. The van der Waals surface area contributed by atoms with Crippen LogP contribution in [0.15, 0.2) is 29.2 Å². The molecule has 0 fully saturated rings. The summed E-state index contributed by atoms with van der Waals surface area (Å²) in [6.07, 6.45) is 0.712. The van der Waals surface area contributed by atoms with Crippen molar-refractivity contribution in [2.24, 2.45) is 0 Å². The molecule has 4 heteroatoms. The van der Waals surface area contributed by atoms with Crippen LogP contribution in [0.2, 0.25) is 0 Å². The van der Waals surface area contributed by atoms with Gasteiger partial charge in [-0.2, -0.15) is 0 Å². The van der Waals surface area contributed by atoms with E-state index in [1.807, 2.05) is 24.3 Å².